The highest BCUT2D eigenvalue weighted by Gasteiger charge is 2.41. The lowest BCUT2D eigenvalue weighted by atomic mass is 10.0. The van der Waals surface area contributed by atoms with Crippen LogP contribution >= 0.6 is 19.0 Å². The quantitative estimate of drug-likeness (QED) is 0.243. The third kappa shape index (κ3) is 4.95. The number of rotatable bonds is 4. The van der Waals surface area contributed by atoms with E-state index in [0.29, 0.717) is 36.9 Å². The van der Waals surface area contributed by atoms with Crippen molar-refractivity contribution >= 4 is 42.3 Å². The summed E-state index contributed by atoms with van der Waals surface area (Å²) in [6.45, 7) is 12.8. The van der Waals surface area contributed by atoms with Crippen molar-refractivity contribution in [2.45, 2.75) is 32.7 Å². The van der Waals surface area contributed by atoms with Crippen molar-refractivity contribution in [1.29, 1.82) is 0 Å². The molecule has 1 fully saturated rings. The molecule has 1 saturated heterocycles. The van der Waals surface area contributed by atoms with E-state index in [-0.39, 0.29) is 34.1 Å². The summed E-state index contributed by atoms with van der Waals surface area (Å²) >= 11 is 6.78. The van der Waals surface area contributed by atoms with Gasteiger partial charge in [0, 0.05) is 37.9 Å². The van der Waals surface area contributed by atoms with Crippen LogP contribution in [0.4, 0.5) is 15.9 Å². The fourth-order valence-corrected chi connectivity index (χ4v) is 7.40. The number of piperazine rings is 1. The van der Waals surface area contributed by atoms with Gasteiger partial charge in [0.2, 0.25) is 5.91 Å². The molecule has 0 N–H and O–H groups in total. The summed E-state index contributed by atoms with van der Waals surface area (Å²) in [6.07, 6.45) is 1.31. The van der Waals surface area contributed by atoms with Gasteiger partial charge in [0.25, 0.3) is 7.44 Å². The van der Waals surface area contributed by atoms with Crippen molar-refractivity contribution in [2.75, 3.05) is 31.0 Å². The van der Waals surface area contributed by atoms with Gasteiger partial charge >= 0.3 is 0 Å². The van der Waals surface area contributed by atoms with E-state index in [1.54, 1.807) is 40.5 Å². The topological polar surface area (TPSA) is 69.1 Å². The standard InChI is InChI=1S/C30H32ClFN5O2P/c1-6-27(38)35-15-16-36(20(4)18-35)30-23-17-24(31)28(22-12-7-9-13-25(22)32)33-29(23)37(40(5,39)34-30)26-14-10-8-11-21(26)19(2)3/h6-14,17,19-20H,1,15-16,18H2,2-5H3/t20-,40?/m0/s1. The molecule has 2 atom stereocenters. The molecule has 40 heavy (non-hydrogen) atoms. The number of para-hydroxylation sites is 1. The molecule has 208 valence electrons. The normalized spacial score (nSPS) is 20.8. The van der Waals surface area contributed by atoms with E-state index in [1.807, 2.05) is 36.1 Å². The third-order valence-electron chi connectivity index (χ3n) is 7.35. The lowest BCUT2D eigenvalue weighted by molar-refractivity contribution is -0.128. The van der Waals surface area contributed by atoms with Crippen LogP contribution in [0.15, 0.2) is 72.0 Å². The van der Waals surface area contributed by atoms with Crippen LogP contribution in [0.5, 0.6) is 0 Å². The number of benzene rings is 2. The molecule has 2 aliphatic rings. The van der Waals surface area contributed by atoms with E-state index >= 15 is 0 Å². The van der Waals surface area contributed by atoms with Crippen molar-refractivity contribution in [3.05, 3.63) is 89.2 Å². The first-order chi connectivity index (χ1) is 19.0. The number of carbonyl (C=O) groups excluding carboxylic acids is 1. The molecule has 7 nitrogen and oxygen atoms in total. The highest BCUT2D eigenvalue weighted by atomic mass is 35.5. The molecule has 0 bridgehead atoms. The Morgan fingerprint density at radius 3 is 2.52 bits per heavy atom. The average Bonchev–Trinajstić information content (AvgIpc) is 2.92. The maximum atomic E-state index is 14.9. The Morgan fingerprint density at radius 1 is 1.15 bits per heavy atom. The minimum Gasteiger partial charge on any atom is -0.350 e. The predicted octanol–water partition coefficient (Wildman–Crippen LogP) is 7.10. The first-order valence-electron chi connectivity index (χ1n) is 13.2. The Kier molecular flexibility index (Phi) is 7.60. The lowest BCUT2D eigenvalue weighted by Gasteiger charge is -2.44. The van der Waals surface area contributed by atoms with E-state index in [1.165, 1.54) is 12.1 Å². The van der Waals surface area contributed by atoms with Gasteiger partial charge in [0.15, 0.2) is 5.82 Å². The maximum absolute atomic E-state index is 14.9. The number of pyridine rings is 1. The molecule has 1 unspecified atom stereocenters. The van der Waals surface area contributed by atoms with E-state index in [2.05, 4.69) is 20.4 Å². The molecular weight excluding hydrogens is 548 g/mol. The van der Waals surface area contributed by atoms with Crippen LogP contribution in [0, 0.1) is 5.82 Å². The second kappa shape index (κ2) is 10.8. The van der Waals surface area contributed by atoms with Crippen LogP contribution in [-0.2, 0) is 9.36 Å². The molecule has 0 spiro atoms. The van der Waals surface area contributed by atoms with Gasteiger partial charge < -0.3 is 9.80 Å². The Hall–Kier alpha value is -3.48. The molecule has 0 saturated carbocycles. The van der Waals surface area contributed by atoms with Crippen molar-refractivity contribution in [1.82, 2.24) is 14.8 Å². The summed E-state index contributed by atoms with van der Waals surface area (Å²) in [4.78, 5) is 21.0. The average molecular weight is 580 g/mol. The second-order valence-corrected chi connectivity index (χ2v) is 13.2. The zero-order valence-corrected chi connectivity index (χ0v) is 24.7. The van der Waals surface area contributed by atoms with Crippen molar-refractivity contribution in [3.63, 3.8) is 0 Å². The van der Waals surface area contributed by atoms with Gasteiger partial charge in [-0.3, -0.25) is 14.0 Å². The van der Waals surface area contributed by atoms with E-state index in [9.17, 15) is 13.8 Å². The minimum atomic E-state index is -3.46. The molecule has 1 amide bonds. The summed E-state index contributed by atoms with van der Waals surface area (Å²) in [7, 11) is -3.46. The molecule has 0 radical (unpaired) electrons. The van der Waals surface area contributed by atoms with Gasteiger partial charge in [0.1, 0.15) is 11.7 Å². The summed E-state index contributed by atoms with van der Waals surface area (Å²) in [5.41, 5.74) is 2.85. The predicted molar refractivity (Wildman–Crippen MR) is 160 cm³/mol. The van der Waals surface area contributed by atoms with E-state index in [4.69, 9.17) is 21.3 Å². The monoisotopic (exact) mass is 579 g/mol. The second-order valence-electron chi connectivity index (χ2n) is 10.5. The van der Waals surface area contributed by atoms with Gasteiger partial charge in [0.05, 0.1) is 22.0 Å². The number of amidine groups is 1. The number of fused-ring (bicyclic) bond motifs is 1. The van der Waals surface area contributed by atoms with Gasteiger partial charge in [-0.15, -0.1) is 0 Å². The number of hydrogen-bond acceptors (Lipinski definition) is 4. The van der Waals surface area contributed by atoms with Crippen LogP contribution in [0.2, 0.25) is 5.02 Å². The summed E-state index contributed by atoms with van der Waals surface area (Å²) < 4.78 is 36.1. The van der Waals surface area contributed by atoms with Crippen LogP contribution < -0.4 is 4.67 Å². The molecular formula is C30H32ClFN5O2P. The fourth-order valence-electron chi connectivity index (χ4n) is 5.39. The van der Waals surface area contributed by atoms with Gasteiger partial charge in [-0.1, -0.05) is 62.4 Å². The Labute approximate surface area is 239 Å². The summed E-state index contributed by atoms with van der Waals surface area (Å²) in [5, 5.41) is 0.259. The van der Waals surface area contributed by atoms with Gasteiger partial charge in [-0.2, -0.15) is 4.76 Å². The smallest absolute Gasteiger partial charge is 0.285 e. The first-order valence-corrected chi connectivity index (χ1v) is 15.7. The zero-order valence-electron chi connectivity index (χ0n) is 23.0. The van der Waals surface area contributed by atoms with Crippen LogP contribution in [0.3, 0.4) is 0 Å². The highest BCUT2D eigenvalue weighted by molar-refractivity contribution is 7.64. The van der Waals surface area contributed by atoms with Gasteiger partial charge in [-0.25, -0.2) is 9.37 Å². The number of aromatic nitrogens is 1. The maximum Gasteiger partial charge on any atom is 0.285 e. The Balaban J connectivity index is 1.72. The number of amides is 1. The molecule has 1 aromatic heterocycles. The van der Waals surface area contributed by atoms with E-state index < -0.39 is 13.3 Å². The number of halogens is 2. The summed E-state index contributed by atoms with van der Waals surface area (Å²) in [5.74, 6) is 0.468. The highest BCUT2D eigenvalue weighted by Crippen LogP contribution is 2.60. The SMILES string of the molecule is C=CC(=O)N1CCN(C2=NP(C)(=O)N(c3ccccc3C(C)C)c3nc(-c4ccccc4F)c(Cl)cc32)[C@@H](C)C1. The van der Waals surface area contributed by atoms with E-state index in [0.717, 1.165) is 11.3 Å². The fraction of sp³-hybridized carbons (Fsp3) is 0.300. The number of anilines is 2. The molecule has 5 rings (SSSR count). The molecule has 10 heteroatoms. The lowest BCUT2D eigenvalue weighted by Crippen LogP contribution is -2.55. The third-order valence-corrected chi connectivity index (χ3v) is 9.35. The molecule has 0 aliphatic carbocycles. The Morgan fingerprint density at radius 2 is 1.85 bits per heavy atom. The largest absolute Gasteiger partial charge is 0.350 e. The Bertz CT molecular complexity index is 1580. The molecule has 3 heterocycles. The van der Waals surface area contributed by atoms with Crippen molar-refractivity contribution in [2.24, 2.45) is 4.76 Å². The minimum absolute atomic E-state index is 0.122. The molecule has 2 aliphatic heterocycles. The number of hydrogen-bond donors (Lipinski definition) is 0. The van der Waals surface area contributed by atoms with Crippen molar-refractivity contribution in [3.8, 4) is 11.3 Å². The molecule has 3 aromatic rings. The van der Waals surface area contributed by atoms with Crippen LogP contribution in [0.25, 0.3) is 11.3 Å². The summed E-state index contributed by atoms with van der Waals surface area (Å²) in [6, 6.07) is 15.7. The first kappa shape index (κ1) is 28.1. The van der Waals surface area contributed by atoms with Gasteiger partial charge in [-0.05, 0) is 48.7 Å². The zero-order chi connectivity index (χ0) is 28.8. The van der Waals surface area contributed by atoms with Crippen LogP contribution in [-0.4, -0.2) is 58.9 Å². The van der Waals surface area contributed by atoms with Crippen molar-refractivity contribution < 1.29 is 13.8 Å². The molecule has 2 aromatic carbocycles. The number of nitrogens with zero attached hydrogens (tertiary/aromatic N) is 5. The number of carbonyl (C=O) groups is 1. The van der Waals surface area contributed by atoms with Crippen LogP contribution in [0.1, 0.15) is 37.8 Å².